The summed E-state index contributed by atoms with van der Waals surface area (Å²) < 4.78 is 5.29. The molecule has 0 unspecified atom stereocenters. The van der Waals surface area contributed by atoms with Crippen molar-refractivity contribution in [1.82, 2.24) is 10.2 Å². The number of aromatic amines is 1. The number of nitrogens with one attached hydrogen (secondary N) is 1. The van der Waals surface area contributed by atoms with Crippen LogP contribution >= 0.6 is 0 Å². The third kappa shape index (κ3) is 2.18. The Morgan fingerprint density at radius 1 is 1.27 bits per heavy atom. The van der Waals surface area contributed by atoms with Crippen molar-refractivity contribution in [3.8, 4) is 17.1 Å². The van der Waals surface area contributed by atoms with E-state index in [1.54, 1.807) is 0 Å². The number of aromatic nitrogens is 2. The Morgan fingerprint density at radius 3 is 2.67 bits per heavy atom. The largest absolute Gasteiger partial charge is 0.477 e. The molecule has 0 fully saturated rings. The SMILES string of the molecule is CCOc1cc(-c2ccc(C)cc2)[nH]n1. The molecular weight excluding hydrogens is 188 g/mol. The van der Waals surface area contributed by atoms with E-state index in [0.29, 0.717) is 12.5 Å². The molecule has 0 aliphatic heterocycles. The Morgan fingerprint density at radius 2 is 2.00 bits per heavy atom. The molecule has 0 radical (unpaired) electrons. The van der Waals surface area contributed by atoms with E-state index in [9.17, 15) is 0 Å². The van der Waals surface area contributed by atoms with Crippen LogP contribution in [0.1, 0.15) is 12.5 Å². The van der Waals surface area contributed by atoms with Crippen LogP contribution in [0.25, 0.3) is 11.3 Å². The van der Waals surface area contributed by atoms with Crippen molar-refractivity contribution < 1.29 is 4.74 Å². The van der Waals surface area contributed by atoms with Crippen LogP contribution in [0, 0.1) is 6.92 Å². The molecule has 0 spiro atoms. The van der Waals surface area contributed by atoms with Crippen molar-refractivity contribution in [2.45, 2.75) is 13.8 Å². The van der Waals surface area contributed by atoms with Crippen molar-refractivity contribution in [2.24, 2.45) is 0 Å². The predicted molar refractivity (Wildman–Crippen MR) is 59.9 cm³/mol. The lowest BCUT2D eigenvalue weighted by molar-refractivity contribution is 0.326. The fraction of sp³-hybridized carbons (Fsp3) is 0.250. The smallest absolute Gasteiger partial charge is 0.233 e. The van der Waals surface area contributed by atoms with E-state index in [-0.39, 0.29) is 0 Å². The Hall–Kier alpha value is -1.77. The fourth-order valence-electron chi connectivity index (χ4n) is 1.41. The molecule has 0 amide bonds. The number of ether oxygens (including phenoxy) is 1. The number of rotatable bonds is 3. The number of H-pyrrole nitrogens is 1. The van der Waals surface area contributed by atoms with Crippen LogP contribution < -0.4 is 4.74 Å². The van der Waals surface area contributed by atoms with E-state index in [0.717, 1.165) is 11.3 Å². The molecule has 0 saturated carbocycles. The van der Waals surface area contributed by atoms with Gasteiger partial charge in [-0.15, -0.1) is 5.10 Å². The van der Waals surface area contributed by atoms with Crippen molar-refractivity contribution in [3.05, 3.63) is 35.9 Å². The molecule has 0 bridgehead atoms. The first-order chi connectivity index (χ1) is 7.29. The summed E-state index contributed by atoms with van der Waals surface area (Å²) >= 11 is 0. The maximum Gasteiger partial charge on any atom is 0.233 e. The molecule has 3 nitrogen and oxygen atoms in total. The first-order valence-corrected chi connectivity index (χ1v) is 5.05. The number of hydrogen-bond acceptors (Lipinski definition) is 2. The van der Waals surface area contributed by atoms with Gasteiger partial charge in [0, 0.05) is 6.07 Å². The zero-order valence-corrected chi connectivity index (χ0v) is 8.95. The van der Waals surface area contributed by atoms with Gasteiger partial charge in [-0.3, -0.25) is 5.10 Å². The second-order valence-corrected chi connectivity index (χ2v) is 3.42. The Bertz CT molecular complexity index is 431. The second kappa shape index (κ2) is 4.17. The number of aryl methyl sites for hydroxylation is 1. The van der Waals surface area contributed by atoms with Crippen LogP contribution in [-0.2, 0) is 0 Å². The van der Waals surface area contributed by atoms with Gasteiger partial charge in [0.1, 0.15) is 0 Å². The van der Waals surface area contributed by atoms with Gasteiger partial charge >= 0.3 is 0 Å². The Balaban J connectivity index is 2.25. The third-order valence-corrected chi connectivity index (χ3v) is 2.21. The molecular formula is C12H14N2O. The third-order valence-electron chi connectivity index (χ3n) is 2.21. The van der Waals surface area contributed by atoms with Gasteiger partial charge in [0.05, 0.1) is 12.3 Å². The summed E-state index contributed by atoms with van der Waals surface area (Å²) in [4.78, 5) is 0. The lowest BCUT2D eigenvalue weighted by atomic mass is 10.1. The highest BCUT2D eigenvalue weighted by atomic mass is 16.5. The van der Waals surface area contributed by atoms with Crippen LogP contribution in [0.5, 0.6) is 5.88 Å². The van der Waals surface area contributed by atoms with Crippen molar-refractivity contribution in [3.63, 3.8) is 0 Å². The van der Waals surface area contributed by atoms with E-state index in [2.05, 4.69) is 41.4 Å². The number of benzene rings is 1. The second-order valence-electron chi connectivity index (χ2n) is 3.42. The summed E-state index contributed by atoms with van der Waals surface area (Å²) in [7, 11) is 0. The standard InChI is InChI=1S/C12H14N2O/c1-3-15-12-8-11(13-14-12)10-6-4-9(2)5-7-10/h4-8H,3H2,1-2H3,(H,13,14). The lowest BCUT2D eigenvalue weighted by Gasteiger charge is -1.97. The minimum absolute atomic E-state index is 0.637. The fourth-order valence-corrected chi connectivity index (χ4v) is 1.41. The molecule has 1 heterocycles. The van der Waals surface area contributed by atoms with Crippen LogP contribution in [-0.4, -0.2) is 16.8 Å². The molecule has 1 N–H and O–H groups in total. The van der Waals surface area contributed by atoms with Crippen LogP contribution in [0.4, 0.5) is 0 Å². The normalized spacial score (nSPS) is 10.3. The molecule has 0 aliphatic rings. The summed E-state index contributed by atoms with van der Waals surface area (Å²) in [6.45, 7) is 4.65. The van der Waals surface area contributed by atoms with Crippen LogP contribution in [0.3, 0.4) is 0 Å². The first-order valence-electron chi connectivity index (χ1n) is 5.05. The van der Waals surface area contributed by atoms with Gasteiger partial charge in [-0.1, -0.05) is 29.8 Å². The van der Waals surface area contributed by atoms with E-state index in [4.69, 9.17) is 4.74 Å². The highest BCUT2D eigenvalue weighted by molar-refractivity contribution is 5.60. The molecule has 0 atom stereocenters. The Labute approximate surface area is 89.1 Å². The lowest BCUT2D eigenvalue weighted by Crippen LogP contribution is -1.90. The van der Waals surface area contributed by atoms with Gasteiger partial charge in [-0.05, 0) is 19.4 Å². The van der Waals surface area contributed by atoms with Gasteiger partial charge in [0.15, 0.2) is 0 Å². The van der Waals surface area contributed by atoms with Gasteiger partial charge in [0.2, 0.25) is 5.88 Å². The zero-order valence-electron chi connectivity index (χ0n) is 8.95. The molecule has 1 aromatic heterocycles. The van der Waals surface area contributed by atoms with Gasteiger partial charge in [-0.25, -0.2) is 0 Å². The van der Waals surface area contributed by atoms with E-state index in [1.165, 1.54) is 5.56 Å². The van der Waals surface area contributed by atoms with Crippen molar-refractivity contribution in [2.75, 3.05) is 6.61 Å². The highest BCUT2D eigenvalue weighted by Crippen LogP contribution is 2.20. The summed E-state index contributed by atoms with van der Waals surface area (Å²) in [6, 6.07) is 10.2. The van der Waals surface area contributed by atoms with Crippen molar-refractivity contribution in [1.29, 1.82) is 0 Å². The average Bonchev–Trinajstić information content (AvgIpc) is 2.68. The van der Waals surface area contributed by atoms with Crippen LogP contribution in [0.2, 0.25) is 0 Å². The highest BCUT2D eigenvalue weighted by Gasteiger charge is 2.02. The quantitative estimate of drug-likeness (QED) is 0.831. The molecule has 2 rings (SSSR count). The van der Waals surface area contributed by atoms with Gasteiger partial charge < -0.3 is 4.74 Å². The molecule has 15 heavy (non-hydrogen) atoms. The number of nitrogens with zero attached hydrogens (tertiary/aromatic N) is 1. The van der Waals surface area contributed by atoms with E-state index in [1.807, 2.05) is 13.0 Å². The summed E-state index contributed by atoms with van der Waals surface area (Å²) in [5.74, 6) is 0.646. The van der Waals surface area contributed by atoms with Gasteiger partial charge in [-0.2, -0.15) is 0 Å². The minimum Gasteiger partial charge on any atom is -0.477 e. The molecule has 3 heteroatoms. The first kappa shape index (κ1) is 9.77. The molecule has 2 aromatic rings. The number of hydrogen-bond donors (Lipinski definition) is 1. The zero-order chi connectivity index (χ0) is 10.7. The van der Waals surface area contributed by atoms with Crippen molar-refractivity contribution >= 4 is 0 Å². The minimum atomic E-state index is 0.637. The van der Waals surface area contributed by atoms with Gasteiger partial charge in [0.25, 0.3) is 0 Å². The molecule has 78 valence electrons. The summed E-state index contributed by atoms with van der Waals surface area (Å²) in [5.41, 5.74) is 3.36. The maximum absolute atomic E-state index is 5.29. The summed E-state index contributed by atoms with van der Waals surface area (Å²) in [6.07, 6.45) is 0. The molecule has 0 saturated heterocycles. The molecule has 0 aliphatic carbocycles. The monoisotopic (exact) mass is 202 g/mol. The Kier molecular flexibility index (Phi) is 2.72. The predicted octanol–water partition coefficient (Wildman–Crippen LogP) is 2.78. The van der Waals surface area contributed by atoms with E-state index >= 15 is 0 Å². The summed E-state index contributed by atoms with van der Waals surface area (Å²) in [5, 5.41) is 7.01. The maximum atomic E-state index is 5.29. The topological polar surface area (TPSA) is 37.9 Å². The van der Waals surface area contributed by atoms with Crippen LogP contribution in [0.15, 0.2) is 30.3 Å². The molecule has 1 aromatic carbocycles. The van der Waals surface area contributed by atoms with E-state index < -0.39 is 0 Å². The average molecular weight is 202 g/mol.